The summed E-state index contributed by atoms with van der Waals surface area (Å²) >= 11 is 0. The van der Waals surface area contributed by atoms with Gasteiger partial charge in [0.1, 0.15) is 29.5 Å². The molecule has 4 nitrogen and oxygen atoms in total. The smallest absolute Gasteiger partial charge is 0.216 e. The molecule has 0 spiro atoms. The fourth-order valence-electron chi connectivity index (χ4n) is 1.27. The topological polar surface area (TPSA) is 95.2 Å². The second-order valence-electron chi connectivity index (χ2n) is 2.93. The normalized spacial score (nSPS) is 28.1. The van der Waals surface area contributed by atoms with Gasteiger partial charge in [0.25, 0.3) is 5.67 Å². The molecule has 0 heterocycles. The van der Waals surface area contributed by atoms with E-state index in [-0.39, 0.29) is 0 Å². The summed E-state index contributed by atoms with van der Waals surface area (Å²) in [7, 11) is 0. The molecule has 0 amide bonds. The second kappa shape index (κ2) is 3.81. The van der Waals surface area contributed by atoms with Crippen LogP contribution in [0.1, 0.15) is 0 Å². The van der Waals surface area contributed by atoms with Gasteiger partial charge in [-0.2, -0.15) is 21.0 Å². The Balaban J connectivity index is 3.54. The molecule has 2 unspecified atom stereocenters. The molecule has 2 atom stereocenters. The maximum Gasteiger partial charge on any atom is 0.252 e. The van der Waals surface area contributed by atoms with E-state index in [1.807, 2.05) is 0 Å². The molecule has 1 aliphatic carbocycles. The summed E-state index contributed by atoms with van der Waals surface area (Å²) in [6.45, 7) is 0. The second-order valence-corrected chi connectivity index (χ2v) is 2.93. The summed E-state index contributed by atoms with van der Waals surface area (Å²) < 4.78 is 27.2. The van der Waals surface area contributed by atoms with Gasteiger partial charge in [-0.3, -0.25) is 0 Å². The number of rotatable bonds is 0. The van der Waals surface area contributed by atoms with Crippen LogP contribution in [0.15, 0.2) is 23.0 Å². The minimum Gasteiger partial charge on any atom is -0.216 e. The van der Waals surface area contributed by atoms with Crippen molar-refractivity contribution in [1.82, 2.24) is 0 Å². The molecule has 0 radical (unpaired) electrons. The highest BCUT2D eigenvalue weighted by Gasteiger charge is 2.43. The highest BCUT2D eigenvalue weighted by atomic mass is 19.1. The Hall–Kier alpha value is -2.70. The minimum atomic E-state index is -2.97. The number of nitriles is 4. The van der Waals surface area contributed by atoms with Crippen molar-refractivity contribution in [1.29, 1.82) is 21.0 Å². The Kier molecular flexibility index (Phi) is 2.71. The third-order valence-electron chi connectivity index (χ3n) is 2.05. The number of halogens is 2. The molecule has 0 fully saturated rings. The van der Waals surface area contributed by atoms with E-state index in [2.05, 4.69) is 0 Å². The molecule has 6 heteroatoms. The lowest BCUT2D eigenvalue weighted by Gasteiger charge is -2.20. The van der Waals surface area contributed by atoms with E-state index in [0.717, 1.165) is 6.07 Å². The first-order valence-corrected chi connectivity index (χ1v) is 3.97. The maximum absolute atomic E-state index is 13.7. The minimum absolute atomic E-state index is 0.503. The van der Waals surface area contributed by atoms with Crippen LogP contribution in [0.2, 0.25) is 0 Å². The lowest BCUT2D eigenvalue weighted by molar-refractivity contribution is 0.343. The molecule has 0 aromatic heterocycles. The van der Waals surface area contributed by atoms with Gasteiger partial charge in [0.05, 0.1) is 17.7 Å². The lowest BCUT2D eigenvalue weighted by Crippen LogP contribution is -2.28. The SMILES string of the molecule is N#CC1=CC(F)(C#N)C(C#N)=C(F)C1C#N. The lowest BCUT2D eigenvalue weighted by atomic mass is 9.82. The van der Waals surface area contributed by atoms with Crippen LogP contribution in [0.3, 0.4) is 0 Å². The highest BCUT2D eigenvalue weighted by Crippen LogP contribution is 2.38. The van der Waals surface area contributed by atoms with E-state index in [1.54, 1.807) is 0 Å². The average molecular weight is 216 g/mol. The van der Waals surface area contributed by atoms with Gasteiger partial charge in [-0.15, -0.1) is 0 Å². The molecule has 1 aliphatic rings. The van der Waals surface area contributed by atoms with Crippen LogP contribution >= 0.6 is 0 Å². The molecule has 0 saturated carbocycles. The number of allylic oxidation sites excluding steroid dienone is 4. The maximum atomic E-state index is 13.7. The molecule has 16 heavy (non-hydrogen) atoms. The van der Waals surface area contributed by atoms with Crippen LogP contribution in [-0.2, 0) is 0 Å². The van der Waals surface area contributed by atoms with Crippen molar-refractivity contribution >= 4 is 0 Å². The van der Waals surface area contributed by atoms with Crippen molar-refractivity contribution < 1.29 is 8.78 Å². The predicted octanol–water partition coefficient (Wildman–Crippen LogP) is 1.57. The number of hydrogen-bond acceptors (Lipinski definition) is 4. The van der Waals surface area contributed by atoms with Crippen molar-refractivity contribution in [2.45, 2.75) is 5.67 Å². The van der Waals surface area contributed by atoms with Crippen LogP contribution in [0.5, 0.6) is 0 Å². The van der Waals surface area contributed by atoms with Gasteiger partial charge in [-0.05, 0) is 6.08 Å². The van der Waals surface area contributed by atoms with Crippen LogP contribution in [0.4, 0.5) is 8.78 Å². The van der Waals surface area contributed by atoms with Crippen molar-refractivity contribution in [3.63, 3.8) is 0 Å². The quantitative estimate of drug-likeness (QED) is 0.613. The van der Waals surface area contributed by atoms with E-state index in [1.165, 1.54) is 18.2 Å². The zero-order valence-corrected chi connectivity index (χ0v) is 7.70. The molecule has 76 valence electrons. The van der Waals surface area contributed by atoms with Crippen molar-refractivity contribution in [2.75, 3.05) is 0 Å². The van der Waals surface area contributed by atoms with E-state index in [4.69, 9.17) is 21.0 Å². The van der Waals surface area contributed by atoms with Crippen LogP contribution < -0.4 is 0 Å². The standard InChI is InChI=1S/C10H2F2N4/c11-9-7(3-14)6(2-13)1-10(12,5-16)8(9)4-15/h1,7H. The fraction of sp³-hybridized carbons (Fsp3) is 0.200. The van der Waals surface area contributed by atoms with E-state index in [9.17, 15) is 8.78 Å². The first kappa shape index (κ1) is 11.4. The Morgan fingerprint density at radius 1 is 1.19 bits per heavy atom. The number of hydrogen-bond donors (Lipinski definition) is 0. The molecule has 0 aromatic rings. The summed E-state index contributed by atoms with van der Waals surface area (Å²) in [5.74, 6) is -3.00. The first-order chi connectivity index (χ1) is 7.53. The monoisotopic (exact) mass is 216 g/mol. The van der Waals surface area contributed by atoms with Gasteiger partial charge in [0.2, 0.25) is 0 Å². The van der Waals surface area contributed by atoms with Crippen molar-refractivity contribution in [2.24, 2.45) is 5.92 Å². The Morgan fingerprint density at radius 3 is 2.19 bits per heavy atom. The summed E-state index contributed by atoms with van der Waals surface area (Å²) in [5.41, 5.74) is -4.55. The average Bonchev–Trinajstić information content (AvgIpc) is 2.28. The first-order valence-electron chi connectivity index (χ1n) is 3.97. The van der Waals surface area contributed by atoms with Crippen LogP contribution in [0, 0.1) is 51.2 Å². The van der Waals surface area contributed by atoms with Crippen LogP contribution in [0.25, 0.3) is 0 Å². The van der Waals surface area contributed by atoms with Gasteiger partial charge in [-0.1, -0.05) is 0 Å². The van der Waals surface area contributed by atoms with Crippen molar-refractivity contribution in [3.8, 4) is 24.3 Å². The molecular formula is C10H2F2N4. The largest absolute Gasteiger partial charge is 0.252 e. The molecule has 1 rings (SSSR count). The zero-order valence-electron chi connectivity index (χ0n) is 7.70. The third kappa shape index (κ3) is 1.40. The van der Waals surface area contributed by atoms with Crippen LogP contribution in [-0.4, -0.2) is 5.67 Å². The predicted molar refractivity (Wildman–Crippen MR) is 46.0 cm³/mol. The van der Waals surface area contributed by atoms with Gasteiger partial charge < -0.3 is 0 Å². The fourth-order valence-corrected chi connectivity index (χ4v) is 1.27. The summed E-state index contributed by atoms with van der Waals surface area (Å²) in [4.78, 5) is 0. The Labute approximate surface area is 89.5 Å². The van der Waals surface area contributed by atoms with E-state index >= 15 is 0 Å². The molecule has 0 saturated heterocycles. The Bertz CT molecular complexity index is 562. The number of alkyl halides is 1. The summed E-state index contributed by atoms with van der Waals surface area (Å²) in [5, 5.41) is 34.2. The molecule has 0 aromatic carbocycles. The molecule has 0 N–H and O–H groups in total. The van der Waals surface area contributed by atoms with Gasteiger partial charge in [0, 0.05) is 0 Å². The molecular weight excluding hydrogens is 214 g/mol. The number of nitrogens with zero attached hydrogens (tertiary/aromatic N) is 4. The third-order valence-corrected chi connectivity index (χ3v) is 2.05. The Morgan fingerprint density at radius 2 is 1.81 bits per heavy atom. The molecule has 0 bridgehead atoms. The van der Waals surface area contributed by atoms with Gasteiger partial charge in [-0.25, -0.2) is 8.78 Å². The summed E-state index contributed by atoms with van der Waals surface area (Å²) in [6, 6.07) is 5.17. The molecule has 0 aliphatic heterocycles. The summed E-state index contributed by atoms with van der Waals surface area (Å²) in [6.07, 6.45) is 0.503. The van der Waals surface area contributed by atoms with Gasteiger partial charge in [0.15, 0.2) is 0 Å². The van der Waals surface area contributed by atoms with E-state index < -0.39 is 28.6 Å². The van der Waals surface area contributed by atoms with Crippen molar-refractivity contribution in [3.05, 3.63) is 23.0 Å². The highest BCUT2D eigenvalue weighted by molar-refractivity contribution is 5.55. The zero-order chi connectivity index (χ0) is 12.3. The van der Waals surface area contributed by atoms with Gasteiger partial charge >= 0.3 is 0 Å². The van der Waals surface area contributed by atoms with E-state index in [0.29, 0.717) is 6.08 Å².